The molecule has 10 heteroatoms. The SMILES string of the molecule is O=C(CCC/C=C\C[C@@H]1[C@@H](CC[C@@H](O)CCc2ccccc2)[C@H](O)C[C@@H]1O)OCCSCCO[N+](=O)[O-]. The molecule has 3 N–H and O–H groups in total. The Labute approximate surface area is 223 Å². The lowest BCUT2D eigenvalue weighted by Gasteiger charge is -2.23. The number of unbranched alkanes of at least 4 members (excludes halogenated alkanes) is 1. The van der Waals surface area contributed by atoms with Crippen molar-refractivity contribution in [2.75, 3.05) is 24.7 Å². The van der Waals surface area contributed by atoms with Gasteiger partial charge in [0.15, 0.2) is 0 Å². The molecule has 9 nitrogen and oxygen atoms in total. The first-order chi connectivity index (χ1) is 17.9. The zero-order valence-corrected chi connectivity index (χ0v) is 22.2. The summed E-state index contributed by atoms with van der Waals surface area (Å²) in [5.74, 6) is 0.686. The number of ether oxygens (including phenoxy) is 1. The minimum absolute atomic E-state index is 0.0201. The Kier molecular flexibility index (Phi) is 15.3. The van der Waals surface area contributed by atoms with E-state index >= 15 is 0 Å². The number of thioether (sulfide) groups is 1. The second-order valence-corrected chi connectivity index (χ2v) is 10.7. The number of carbonyl (C=O) groups is 1. The van der Waals surface area contributed by atoms with Crippen molar-refractivity contribution < 1.29 is 34.8 Å². The van der Waals surface area contributed by atoms with Gasteiger partial charge in [-0.3, -0.25) is 4.79 Å². The van der Waals surface area contributed by atoms with Crippen LogP contribution in [0, 0.1) is 22.0 Å². The molecule has 2 rings (SSSR count). The lowest BCUT2D eigenvalue weighted by molar-refractivity contribution is -0.756. The van der Waals surface area contributed by atoms with Crippen molar-refractivity contribution in [3.05, 3.63) is 58.2 Å². The summed E-state index contributed by atoms with van der Waals surface area (Å²) < 4.78 is 5.15. The first kappa shape index (κ1) is 31.1. The number of aliphatic hydroxyl groups excluding tert-OH is 3. The zero-order valence-electron chi connectivity index (χ0n) is 21.4. The fourth-order valence-electron chi connectivity index (χ4n) is 4.71. The Morgan fingerprint density at radius 1 is 1.11 bits per heavy atom. The maximum atomic E-state index is 11.8. The van der Waals surface area contributed by atoms with Gasteiger partial charge in [0, 0.05) is 17.9 Å². The smallest absolute Gasteiger partial charge is 0.305 e. The standard InChI is InChI=1S/C27H41NO8S/c29-22(13-12-21-8-4-3-5-9-21)14-15-24-23(25(30)20-26(24)31)10-6-1-2-7-11-27(32)35-16-18-37-19-17-36-28(33)34/h1,3-6,8-9,22-26,29-31H,2,7,10-20H2/b6-1-/t22-,23+,24+,25-,26+/m0/s1. The summed E-state index contributed by atoms with van der Waals surface area (Å²) in [5.41, 5.74) is 1.20. The number of allylic oxidation sites excluding steroid dienone is 2. The highest BCUT2D eigenvalue weighted by Gasteiger charge is 2.40. The van der Waals surface area contributed by atoms with Gasteiger partial charge in [-0.2, -0.15) is 11.8 Å². The van der Waals surface area contributed by atoms with E-state index in [4.69, 9.17) is 4.74 Å². The summed E-state index contributed by atoms with van der Waals surface area (Å²) >= 11 is 1.42. The van der Waals surface area contributed by atoms with Crippen LogP contribution in [0.4, 0.5) is 0 Å². The van der Waals surface area contributed by atoms with Crippen molar-refractivity contribution in [1.82, 2.24) is 0 Å². The number of carbonyl (C=O) groups excluding carboxylic acids is 1. The van der Waals surface area contributed by atoms with Crippen molar-refractivity contribution in [1.29, 1.82) is 0 Å². The number of rotatable bonds is 19. The zero-order chi connectivity index (χ0) is 26.9. The van der Waals surface area contributed by atoms with Gasteiger partial charge in [-0.15, -0.1) is 10.1 Å². The van der Waals surface area contributed by atoms with Gasteiger partial charge < -0.3 is 24.9 Å². The summed E-state index contributed by atoms with van der Waals surface area (Å²) in [4.78, 5) is 26.0. The third-order valence-electron chi connectivity index (χ3n) is 6.71. The molecule has 1 aromatic rings. The van der Waals surface area contributed by atoms with E-state index in [9.17, 15) is 30.2 Å². The van der Waals surface area contributed by atoms with E-state index in [0.717, 1.165) is 12.8 Å². The Bertz CT molecular complexity index is 809. The van der Waals surface area contributed by atoms with Crippen LogP contribution < -0.4 is 0 Å². The molecule has 0 spiro atoms. The van der Waals surface area contributed by atoms with Crippen LogP contribution in [0.1, 0.15) is 56.9 Å². The van der Waals surface area contributed by atoms with Gasteiger partial charge in [-0.1, -0.05) is 42.5 Å². The highest BCUT2D eigenvalue weighted by molar-refractivity contribution is 7.99. The van der Waals surface area contributed by atoms with Gasteiger partial charge in [-0.25, -0.2) is 0 Å². The van der Waals surface area contributed by atoms with Gasteiger partial charge in [-0.05, 0) is 68.8 Å². The molecule has 0 amide bonds. The van der Waals surface area contributed by atoms with Gasteiger partial charge in [0.2, 0.25) is 0 Å². The summed E-state index contributed by atoms with van der Waals surface area (Å²) in [7, 11) is 0. The van der Waals surface area contributed by atoms with E-state index < -0.39 is 23.4 Å². The number of hydrogen-bond donors (Lipinski definition) is 3. The van der Waals surface area contributed by atoms with E-state index in [1.807, 2.05) is 30.4 Å². The summed E-state index contributed by atoms with van der Waals surface area (Å²) in [6.07, 6.45) is 7.99. The summed E-state index contributed by atoms with van der Waals surface area (Å²) in [5, 5.41) is 40.5. The Balaban J connectivity index is 1.57. The number of nitrogens with zero attached hydrogens (tertiary/aromatic N) is 1. The third-order valence-corrected chi connectivity index (χ3v) is 7.62. The number of benzene rings is 1. The molecule has 0 radical (unpaired) electrons. The Morgan fingerprint density at radius 3 is 2.59 bits per heavy atom. The maximum absolute atomic E-state index is 11.8. The van der Waals surface area contributed by atoms with Crippen LogP contribution in [-0.2, 0) is 20.8 Å². The van der Waals surface area contributed by atoms with E-state index in [2.05, 4.69) is 17.0 Å². The number of hydrogen-bond acceptors (Lipinski definition) is 9. The van der Waals surface area contributed by atoms with E-state index in [1.54, 1.807) is 0 Å². The lowest BCUT2D eigenvalue weighted by atomic mass is 9.85. The largest absolute Gasteiger partial charge is 0.465 e. The molecule has 1 fully saturated rings. The molecule has 1 aromatic carbocycles. The molecule has 0 unspecified atom stereocenters. The lowest BCUT2D eigenvalue weighted by Crippen LogP contribution is -2.23. The monoisotopic (exact) mass is 539 g/mol. The third kappa shape index (κ3) is 13.3. The van der Waals surface area contributed by atoms with Gasteiger partial charge in [0.25, 0.3) is 5.09 Å². The highest BCUT2D eigenvalue weighted by Crippen LogP contribution is 2.38. The normalized spacial score (nSPS) is 22.2. The van der Waals surface area contributed by atoms with Crippen LogP contribution in [0.3, 0.4) is 0 Å². The molecular formula is C27H41NO8S. The van der Waals surface area contributed by atoms with Crippen molar-refractivity contribution in [3.63, 3.8) is 0 Å². The quantitative estimate of drug-likeness (QED) is 0.0789. The molecule has 1 aliphatic carbocycles. The summed E-state index contributed by atoms with van der Waals surface area (Å²) in [6, 6.07) is 10.1. The minimum atomic E-state index is -0.826. The average Bonchev–Trinajstić information content (AvgIpc) is 3.15. The van der Waals surface area contributed by atoms with Crippen LogP contribution >= 0.6 is 11.8 Å². The number of aliphatic hydroxyl groups is 3. The van der Waals surface area contributed by atoms with Gasteiger partial charge >= 0.3 is 5.97 Å². The number of aryl methyl sites for hydroxylation is 1. The van der Waals surface area contributed by atoms with Crippen molar-refractivity contribution in [2.45, 2.75) is 76.1 Å². The minimum Gasteiger partial charge on any atom is -0.465 e. The molecule has 1 aliphatic rings. The Morgan fingerprint density at radius 2 is 1.84 bits per heavy atom. The van der Waals surface area contributed by atoms with Gasteiger partial charge in [0.1, 0.15) is 13.2 Å². The predicted molar refractivity (Wildman–Crippen MR) is 142 cm³/mol. The predicted octanol–water partition coefficient (Wildman–Crippen LogP) is 3.72. The highest BCUT2D eigenvalue weighted by atomic mass is 32.2. The molecule has 1 saturated carbocycles. The number of esters is 1. The molecule has 0 saturated heterocycles. The fourth-order valence-corrected chi connectivity index (χ4v) is 5.31. The second kappa shape index (κ2) is 18.2. The fraction of sp³-hybridized carbons (Fsp3) is 0.667. The van der Waals surface area contributed by atoms with Crippen LogP contribution in [-0.4, -0.2) is 69.4 Å². The van der Waals surface area contributed by atoms with E-state index in [0.29, 0.717) is 56.5 Å². The molecule has 0 aliphatic heterocycles. The van der Waals surface area contributed by atoms with Crippen LogP contribution in [0.5, 0.6) is 0 Å². The first-order valence-electron chi connectivity index (χ1n) is 13.1. The molecule has 208 valence electrons. The van der Waals surface area contributed by atoms with Crippen molar-refractivity contribution >= 4 is 17.7 Å². The van der Waals surface area contributed by atoms with Crippen LogP contribution in [0.2, 0.25) is 0 Å². The Hall–Kier alpha value is -2.14. The molecule has 37 heavy (non-hydrogen) atoms. The van der Waals surface area contributed by atoms with Crippen LogP contribution in [0.25, 0.3) is 0 Å². The van der Waals surface area contributed by atoms with E-state index in [-0.39, 0.29) is 31.0 Å². The average molecular weight is 540 g/mol. The van der Waals surface area contributed by atoms with Gasteiger partial charge in [0.05, 0.1) is 18.3 Å². The molecule has 0 aromatic heterocycles. The van der Waals surface area contributed by atoms with E-state index in [1.165, 1.54) is 17.3 Å². The topological polar surface area (TPSA) is 139 Å². The summed E-state index contributed by atoms with van der Waals surface area (Å²) in [6.45, 7) is 0.286. The molecule has 0 heterocycles. The molecular weight excluding hydrogens is 498 g/mol. The second-order valence-electron chi connectivity index (χ2n) is 9.44. The first-order valence-corrected chi connectivity index (χ1v) is 14.3. The van der Waals surface area contributed by atoms with Crippen LogP contribution in [0.15, 0.2) is 42.5 Å². The molecule has 0 bridgehead atoms. The molecule has 5 atom stereocenters. The van der Waals surface area contributed by atoms with Crippen molar-refractivity contribution in [2.24, 2.45) is 11.8 Å². The van der Waals surface area contributed by atoms with Crippen molar-refractivity contribution in [3.8, 4) is 0 Å². The maximum Gasteiger partial charge on any atom is 0.305 e.